The molecule has 4 N–H and O–H groups in total. The normalized spacial score (nSPS) is 30.4. The Balaban J connectivity index is 1.49. The van der Waals surface area contributed by atoms with Crippen LogP contribution in [0, 0.1) is 11.8 Å². The van der Waals surface area contributed by atoms with Gasteiger partial charge in [0, 0.05) is 36.5 Å². The van der Waals surface area contributed by atoms with Gasteiger partial charge in [0.1, 0.15) is 11.9 Å². The number of halogens is 1. The highest BCUT2D eigenvalue weighted by Gasteiger charge is 2.43. The van der Waals surface area contributed by atoms with Crippen LogP contribution in [0.25, 0.3) is 0 Å². The van der Waals surface area contributed by atoms with Gasteiger partial charge >= 0.3 is 0 Å². The van der Waals surface area contributed by atoms with E-state index in [9.17, 15) is 20.4 Å². The fourth-order valence-electron chi connectivity index (χ4n) is 4.88. The molecule has 1 aliphatic heterocycles. The fraction of sp³-hybridized carbons (Fsp3) is 0.520. The second-order valence-corrected chi connectivity index (χ2v) is 9.29. The molecule has 2 aromatic rings. The molecule has 0 spiro atoms. The Hall–Kier alpha value is -1.67. The number of rotatable bonds is 7. The van der Waals surface area contributed by atoms with Crippen LogP contribution >= 0.6 is 11.6 Å². The third-order valence-electron chi connectivity index (χ3n) is 6.81. The van der Waals surface area contributed by atoms with Crippen LogP contribution in [0.5, 0.6) is 5.75 Å². The van der Waals surface area contributed by atoms with E-state index in [2.05, 4.69) is 0 Å². The van der Waals surface area contributed by atoms with E-state index in [0.29, 0.717) is 24.5 Å². The van der Waals surface area contributed by atoms with Crippen molar-refractivity contribution < 1.29 is 29.9 Å². The topological polar surface area (TPSA) is 99.4 Å². The largest absolute Gasteiger partial charge is 0.488 e. The van der Waals surface area contributed by atoms with Crippen molar-refractivity contribution in [2.24, 2.45) is 11.8 Å². The Bertz CT molecular complexity index is 881. The van der Waals surface area contributed by atoms with Crippen molar-refractivity contribution in [2.45, 2.75) is 43.5 Å². The zero-order valence-corrected chi connectivity index (χ0v) is 18.7. The van der Waals surface area contributed by atoms with Crippen LogP contribution in [-0.2, 0) is 11.2 Å². The Morgan fingerprint density at radius 2 is 1.78 bits per heavy atom. The van der Waals surface area contributed by atoms with E-state index in [1.54, 1.807) is 0 Å². The molecular weight excluding hydrogens is 432 g/mol. The summed E-state index contributed by atoms with van der Waals surface area (Å²) in [7, 11) is 0. The zero-order chi connectivity index (χ0) is 22.7. The molecule has 0 bridgehead atoms. The number of hydrogen-bond donors (Lipinski definition) is 4. The molecule has 1 unspecified atom stereocenters. The Morgan fingerprint density at radius 3 is 2.44 bits per heavy atom. The van der Waals surface area contributed by atoms with E-state index in [4.69, 9.17) is 21.1 Å². The van der Waals surface area contributed by atoms with Gasteiger partial charge in [0.05, 0.1) is 25.4 Å². The zero-order valence-electron chi connectivity index (χ0n) is 17.9. The summed E-state index contributed by atoms with van der Waals surface area (Å²) in [5.41, 5.74) is 2.87. The van der Waals surface area contributed by atoms with Crippen LogP contribution in [0.1, 0.15) is 35.4 Å². The molecule has 0 radical (unpaired) electrons. The summed E-state index contributed by atoms with van der Waals surface area (Å²) in [5.74, 6) is -0.336. The van der Waals surface area contributed by atoms with E-state index < -0.39 is 18.1 Å². The van der Waals surface area contributed by atoms with Crippen molar-refractivity contribution in [1.82, 2.24) is 0 Å². The lowest BCUT2D eigenvalue weighted by atomic mass is 9.69. The average Bonchev–Trinajstić information content (AvgIpc) is 3.31. The van der Waals surface area contributed by atoms with Crippen LogP contribution in [-0.4, -0.2) is 65.2 Å². The van der Waals surface area contributed by atoms with Gasteiger partial charge in [0.15, 0.2) is 0 Å². The van der Waals surface area contributed by atoms with Gasteiger partial charge < -0.3 is 29.9 Å². The van der Waals surface area contributed by atoms with Gasteiger partial charge in [0.2, 0.25) is 0 Å². The number of hydrogen-bond acceptors (Lipinski definition) is 6. The maximum absolute atomic E-state index is 10.7. The van der Waals surface area contributed by atoms with E-state index >= 15 is 0 Å². The molecule has 2 fully saturated rings. The van der Waals surface area contributed by atoms with Crippen LogP contribution in [0.2, 0.25) is 5.02 Å². The second kappa shape index (κ2) is 10.5. The summed E-state index contributed by atoms with van der Waals surface area (Å²) < 4.78 is 11.3. The van der Waals surface area contributed by atoms with Crippen LogP contribution in [0.3, 0.4) is 0 Å². The number of benzene rings is 2. The minimum absolute atomic E-state index is 0.109. The Labute approximate surface area is 193 Å². The lowest BCUT2D eigenvalue weighted by molar-refractivity contribution is -0.101. The first-order chi connectivity index (χ1) is 15.5. The molecule has 7 heteroatoms. The van der Waals surface area contributed by atoms with Gasteiger partial charge in [-0.3, -0.25) is 0 Å². The van der Waals surface area contributed by atoms with Gasteiger partial charge in [-0.1, -0.05) is 35.9 Å². The summed E-state index contributed by atoms with van der Waals surface area (Å²) in [6.45, 7) is 0.953. The minimum Gasteiger partial charge on any atom is -0.488 e. The van der Waals surface area contributed by atoms with Crippen molar-refractivity contribution in [3.63, 3.8) is 0 Å². The number of ether oxygens (including phenoxy) is 2. The summed E-state index contributed by atoms with van der Waals surface area (Å²) in [4.78, 5) is 0. The standard InChI is InChI=1S/C25H31ClO6/c26-23-6-3-16(21-11-18(12-27)22(13-28)25(30)24(21)29)10-17(23)9-15-1-4-19(5-2-15)32-20-7-8-31-14-20/h1-6,10,18,20-22,24-25,27-30H,7-9,11-14H2/t18-,20+,21?,22-,24+,25+/m1/s1. The lowest BCUT2D eigenvalue weighted by Crippen LogP contribution is -2.49. The highest BCUT2D eigenvalue weighted by Crippen LogP contribution is 2.40. The van der Waals surface area contributed by atoms with E-state index in [0.717, 1.165) is 35.5 Å². The predicted octanol–water partition coefficient (Wildman–Crippen LogP) is 2.52. The average molecular weight is 463 g/mol. The van der Waals surface area contributed by atoms with Crippen LogP contribution in [0.4, 0.5) is 0 Å². The van der Waals surface area contributed by atoms with Crippen molar-refractivity contribution in [3.8, 4) is 5.75 Å². The fourth-order valence-corrected chi connectivity index (χ4v) is 5.06. The molecule has 6 atom stereocenters. The van der Waals surface area contributed by atoms with Crippen molar-refractivity contribution in [3.05, 3.63) is 64.2 Å². The van der Waals surface area contributed by atoms with Gasteiger partial charge in [-0.15, -0.1) is 0 Å². The van der Waals surface area contributed by atoms with Crippen LogP contribution in [0.15, 0.2) is 42.5 Å². The number of aliphatic hydroxyl groups is 4. The molecule has 1 heterocycles. The van der Waals surface area contributed by atoms with E-state index in [1.165, 1.54) is 0 Å². The molecule has 2 aliphatic rings. The van der Waals surface area contributed by atoms with E-state index in [1.807, 2.05) is 42.5 Å². The molecule has 1 saturated carbocycles. The first-order valence-corrected chi connectivity index (χ1v) is 11.6. The third kappa shape index (κ3) is 5.11. The van der Waals surface area contributed by atoms with Crippen molar-refractivity contribution >= 4 is 11.6 Å². The quantitative estimate of drug-likeness (QED) is 0.504. The molecule has 32 heavy (non-hydrogen) atoms. The van der Waals surface area contributed by atoms with Gasteiger partial charge in [-0.2, -0.15) is 0 Å². The molecule has 0 amide bonds. The molecule has 4 rings (SSSR count). The number of aliphatic hydroxyl groups excluding tert-OH is 4. The van der Waals surface area contributed by atoms with Crippen molar-refractivity contribution in [2.75, 3.05) is 26.4 Å². The highest BCUT2D eigenvalue weighted by atomic mass is 35.5. The molecule has 1 saturated heterocycles. The molecule has 0 aromatic heterocycles. The summed E-state index contributed by atoms with van der Waals surface area (Å²) in [5, 5.41) is 41.1. The molecular formula is C25H31ClO6. The van der Waals surface area contributed by atoms with Gasteiger partial charge in [-0.25, -0.2) is 0 Å². The van der Waals surface area contributed by atoms with Crippen molar-refractivity contribution in [1.29, 1.82) is 0 Å². The van der Waals surface area contributed by atoms with Crippen LogP contribution < -0.4 is 4.74 Å². The predicted molar refractivity (Wildman–Crippen MR) is 121 cm³/mol. The Morgan fingerprint density at radius 1 is 1.00 bits per heavy atom. The maximum atomic E-state index is 10.7. The minimum atomic E-state index is -1.09. The van der Waals surface area contributed by atoms with Gasteiger partial charge in [-0.05, 0) is 53.6 Å². The summed E-state index contributed by atoms with van der Waals surface area (Å²) in [6, 6.07) is 13.6. The van der Waals surface area contributed by atoms with Gasteiger partial charge in [0.25, 0.3) is 0 Å². The second-order valence-electron chi connectivity index (χ2n) is 8.89. The molecule has 2 aromatic carbocycles. The first-order valence-electron chi connectivity index (χ1n) is 11.2. The molecule has 1 aliphatic carbocycles. The third-order valence-corrected chi connectivity index (χ3v) is 7.18. The monoisotopic (exact) mass is 462 g/mol. The van der Waals surface area contributed by atoms with E-state index in [-0.39, 0.29) is 31.2 Å². The summed E-state index contributed by atoms with van der Waals surface area (Å²) in [6.07, 6.45) is 0.0123. The lowest BCUT2D eigenvalue weighted by Gasteiger charge is -2.42. The Kier molecular flexibility index (Phi) is 7.71. The smallest absolute Gasteiger partial charge is 0.124 e. The molecule has 174 valence electrons. The summed E-state index contributed by atoms with van der Waals surface area (Å²) >= 11 is 6.47. The SMILES string of the molecule is OC[C@H]1CC(c2ccc(Cl)c(Cc3ccc(O[C@H]4CCOC4)cc3)c2)[C@H](O)[C@@H](O)[C@@H]1CO. The first kappa shape index (κ1) is 23.5. The molecule has 6 nitrogen and oxygen atoms in total. The maximum Gasteiger partial charge on any atom is 0.124 e. The highest BCUT2D eigenvalue weighted by molar-refractivity contribution is 6.31.